The topological polar surface area (TPSA) is 101 Å². The van der Waals surface area contributed by atoms with Crippen LogP contribution in [0.25, 0.3) is 0 Å². The number of carboxylic acids is 1. The van der Waals surface area contributed by atoms with Crippen LogP contribution in [0.4, 0.5) is 0 Å². The van der Waals surface area contributed by atoms with Gasteiger partial charge in [-0.1, -0.05) is 12.2 Å². The molecule has 1 N–H and O–H groups in total. The van der Waals surface area contributed by atoms with Crippen LogP contribution < -0.4 is 0 Å². The molecular weight excluding hydrogens is 278 g/mol. The van der Waals surface area contributed by atoms with Crippen LogP contribution in [0.5, 0.6) is 0 Å². The summed E-state index contributed by atoms with van der Waals surface area (Å²) in [5, 5.41) is 8.54. The Hall–Kier alpha value is -2.44. The predicted octanol–water partition coefficient (Wildman–Crippen LogP) is 1.60. The highest BCUT2D eigenvalue weighted by molar-refractivity contribution is 6.01. The number of carboxylic acid groups (broad SMARTS) is 1. The first kappa shape index (κ1) is 18.6. The van der Waals surface area contributed by atoms with Crippen molar-refractivity contribution in [1.29, 1.82) is 0 Å². The van der Waals surface area contributed by atoms with E-state index >= 15 is 0 Å². The molecule has 1 aliphatic heterocycles. The van der Waals surface area contributed by atoms with E-state index in [4.69, 9.17) is 5.11 Å². The highest BCUT2D eigenvalue weighted by atomic mass is 16.7. The van der Waals surface area contributed by atoms with Crippen molar-refractivity contribution in [3.05, 3.63) is 25.3 Å². The van der Waals surface area contributed by atoms with Gasteiger partial charge >= 0.3 is 11.9 Å². The number of carbonyl (C=O) groups is 4. The average molecular weight is 297 g/mol. The lowest BCUT2D eigenvalue weighted by atomic mass is 10.3. The Balaban J connectivity index is 0.000000486. The van der Waals surface area contributed by atoms with Gasteiger partial charge in [0.2, 0.25) is 0 Å². The van der Waals surface area contributed by atoms with E-state index in [0.717, 1.165) is 0 Å². The highest BCUT2D eigenvalue weighted by Crippen LogP contribution is 2.12. The quantitative estimate of drug-likeness (QED) is 0.565. The fourth-order valence-corrected chi connectivity index (χ4v) is 1.25. The molecule has 7 heteroatoms. The summed E-state index contributed by atoms with van der Waals surface area (Å²) in [6.07, 6.45) is 4.75. The summed E-state index contributed by atoms with van der Waals surface area (Å²) in [6, 6.07) is 0. The minimum absolute atomic E-state index is 0.119. The van der Waals surface area contributed by atoms with Crippen molar-refractivity contribution in [2.24, 2.45) is 0 Å². The van der Waals surface area contributed by atoms with Crippen molar-refractivity contribution in [2.75, 3.05) is 0 Å². The molecule has 21 heavy (non-hydrogen) atoms. The standard InChI is InChI=1S/C9H11NO4.C5H8O2/c1-2-3-4-9(13)14-10-7(11)5-6-8(10)12;1-2-3-4-5(6)7/h2H,1,3-6H2;2H,1,3-4H2,(H,6,7). The molecule has 0 saturated carbocycles. The number of hydrogen-bond donors (Lipinski definition) is 1. The van der Waals surface area contributed by atoms with Crippen LogP contribution in [0.3, 0.4) is 0 Å². The van der Waals surface area contributed by atoms with Gasteiger partial charge in [-0.25, -0.2) is 4.79 Å². The lowest BCUT2D eigenvalue weighted by Gasteiger charge is -2.11. The molecular formula is C14H19NO6. The van der Waals surface area contributed by atoms with Crippen molar-refractivity contribution in [3.63, 3.8) is 0 Å². The minimum atomic E-state index is -0.764. The van der Waals surface area contributed by atoms with Crippen LogP contribution in [0.2, 0.25) is 0 Å². The highest BCUT2D eigenvalue weighted by Gasteiger charge is 2.32. The number of hydrogen-bond acceptors (Lipinski definition) is 5. The van der Waals surface area contributed by atoms with E-state index < -0.39 is 23.8 Å². The van der Waals surface area contributed by atoms with E-state index in [9.17, 15) is 19.2 Å². The van der Waals surface area contributed by atoms with Gasteiger partial charge in [0.15, 0.2) is 0 Å². The van der Waals surface area contributed by atoms with Gasteiger partial charge in [0.25, 0.3) is 11.8 Å². The van der Waals surface area contributed by atoms with Gasteiger partial charge in [-0.15, -0.1) is 18.2 Å². The Morgan fingerprint density at radius 1 is 1.10 bits per heavy atom. The fourth-order valence-electron chi connectivity index (χ4n) is 1.25. The van der Waals surface area contributed by atoms with Gasteiger partial charge in [0.1, 0.15) is 0 Å². The molecule has 0 radical (unpaired) electrons. The smallest absolute Gasteiger partial charge is 0.333 e. The molecule has 0 aromatic carbocycles. The van der Waals surface area contributed by atoms with Crippen LogP contribution in [0.1, 0.15) is 38.5 Å². The number of amides is 2. The van der Waals surface area contributed by atoms with Crippen LogP contribution in [-0.2, 0) is 24.0 Å². The first-order chi connectivity index (χ1) is 9.92. The van der Waals surface area contributed by atoms with Crippen molar-refractivity contribution in [2.45, 2.75) is 38.5 Å². The van der Waals surface area contributed by atoms with Crippen LogP contribution in [-0.4, -0.2) is 33.9 Å². The Labute approximate surface area is 122 Å². The molecule has 0 unspecified atom stereocenters. The average Bonchev–Trinajstić information content (AvgIpc) is 2.75. The first-order valence-electron chi connectivity index (χ1n) is 6.42. The maximum Gasteiger partial charge on any atom is 0.333 e. The third-order valence-electron chi connectivity index (χ3n) is 2.31. The van der Waals surface area contributed by atoms with E-state index in [1.165, 1.54) is 0 Å². The monoisotopic (exact) mass is 297 g/mol. The number of rotatable bonds is 7. The van der Waals surface area contributed by atoms with E-state index in [1.807, 2.05) is 0 Å². The lowest BCUT2D eigenvalue weighted by molar-refractivity contribution is -0.197. The van der Waals surface area contributed by atoms with Crippen molar-refractivity contribution in [1.82, 2.24) is 5.06 Å². The van der Waals surface area contributed by atoms with Crippen LogP contribution in [0, 0.1) is 0 Å². The number of imide groups is 1. The predicted molar refractivity (Wildman–Crippen MR) is 73.7 cm³/mol. The summed E-state index contributed by atoms with van der Waals surface area (Å²) in [5.74, 6) is -2.27. The minimum Gasteiger partial charge on any atom is -0.481 e. The number of aliphatic carboxylic acids is 1. The van der Waals surface area contributed by atoms with Gasteiger partial charge in [0.05, 0.1) is 6.42 Å². The molecule has 1 saturated heterocycles. The maximum atomic E-state index is 11.0. The number of hydroxylamine groups is 2. The van der Waals surface area contributed by atoms with E-state index in [0.29, 0.717) is 17.9 Å². The summed E-state index contributed by atoms with van der Waals surface area (Å²) < 4.78 is 0. The Bertz CT molecular complexity index is 413. The Morgan fingerprint density at radius 2 is 1.57 bits per heavy atom. The number of nitrogens with zero attached hydrogens (tertiary/aromatic N) is 1. The summed E-state index contributed by atoms with van der Waals surface area (Å²) in [6.45, 7) is 6.81. The first-order valence-corrected chi connectivity index (χ1v) is 6.42. The Kier molecular flexibility index (Phi) is 9.16. The molecule has 1 heterocycles. The van der Waals surface area contributed by atoms with Crippen molar-refractivity contribution in [3.8, 4) is 0 Å². The Morgan fingerprint density at radius 3 is 1.95 bits per heavy atom. The third kappa shape index (κ3) is 8.35. The number of carbonyl (C=O) groups excluding carboxylic acids is 3. The molecule has 0 bridgehead atoms. The molecule has 7 nitrogen and oxygen atoms in total. The number of allylic oxidation sites excluding steroid dienone is 2. The van der Waals surface area contributed by atoms with E-state index in [-0.39, 0.29) is 25.7 Å². The van der Waals surface area contributed by atoms with E-state index in [1.54, 1.807) is 12.2 Å². The zero-order valence-corrected chi connectivity index (χ0v) is 11.7. The normalized spacial score (nSPS) is 13.2. The van der Waals surface area contributed by atoms with Crippen LogP contribution >= 0.6 is 0 Å². The second-order valence-corrected chi connectivity index (χ2v) is 4.09. The second-order valence-electron chi connectivity index (χ2n) is 4.09. The maximum absolute atomic E-state index is 11.0. The largest absolute Gasteiger partial charge is 0.481 e. The molecule has 0 spiro atoms. The fraction of sp³-hybridized carbons (Fsp3) is 0.429. The van der Waals surface area contributed by atoms with Gasteiger partial charge in [-0.3, -0.25) is 14.4 Å². The zero-order chi connectivity index (χ0) is 16.3. The third-order valence-corrected chi connectivity index (χ3v) is 2.31. The molecule has 0 aromatic rings. The zero-order valence-electron chi connectivity index (χ0n) is 11.7. The summed E-state index contributed by atoms with van der Waals surface area (Å²) in [4.78, 5) is 47.3. The summed E-state index contributed by atoms with van der Waals surface area (Å²) in [7, 11) is 0. The van der Waals surface area contributed by atoms with Crippen molar-refractivity contribution >= 4 is 23.8 Å². The van der Waals surface area contributed by atoms with Gasteiger partial charge in [-0.05, 0) is 12.8 Å². The molecule has 1 fully saturated rings. The second kappa shape index (κ2) is 10.4. The van der Waals surface area contributed by atoms with Gasteiger partial charge in [0, 0.05) is 19.3 Å². The SMILES string of the molecule is C=CCCC(=O)O.C=CCCC(=O)ON1C(=O)CCC1=O. The van der Waals surface area contributed by atoms with E-state index in [2.05, 4.69) is 18.0 Å². The molecule has 0 aromatic heterocycles. The molecule has 2 amide bonds. The molecule has 0 atom stereocenters. The van der Waals surface area contributed by atoms with Gasteiger partial charge in [-0.2, -0.15) is 0 Å². The summed E-state index contributed by atoms with van der Waals surface area (Å²) >= 11 is 0. The van der Waals surface area contributed by atoms with Gasteiger partial charge < -0.3 is 9.94 Å². The lowest BCUT2D eigenvalue weighted by Crippen LogP contribution is -2.31. The van der Waals surface area contributed by atoms with Crippen LogP contribution in [0.15, 0.2) is 25.3 Å². The van der Waals surface area contributed by atoms with Crippen molar-refractivity contribution < 1.29 is 29.1 Å². The molecule has 116 valence electrons. The summed E-state index contributed by atoms with van der Waals surface area (Å²) in [5.41, 5.74) is 0. The molecule has 0 aliphatic carbocycles. The molecule has 1 rings (SSSR count). The molecule has 1 aliphatic rings.